The third kappa shape index (κ3) is 4.72. The Balaban J connectivity index is 1.59. The van der Waals surface area contributed by atoms with Crippen LogP contribution in [0.1, 0.15) is 18.5 Å². The number of alkyl halides is 3. The first kappa shape index (κ1) is 17.7. The van der Waals surface area contributed by atoms with E-state index in [9.17, 15) is 13.2 Å². The minimum absolute atomic E-state index is 0.169. The van der Waals surface area contributed by atoms with E-state index in [1.807, 2.05) is 4.90 Å². The largest absolute Gasteiger partial charge is 0.493 e. The number of halogens is 4. The highest BCUT2D eigenvalue weighted by atomic mass is 35.5. The van der Waals surface area contributed by atoms with Crippen LogP contribution in [-0.2, 0) is 6.18 Å². The van der Waals surface area contributed by atoms with Crippen LogP contribution in [0.2, 0.25) is 5.02 Å². The molecule has 1 aliphatic rings. The van der Waals surface area contributed by atoms with Crippen molar-refractivity contribution in [2.24, 2.45) is 5.92 Å². The van der Waals surface area contributed by atoms with Crippen LogP contribution in [0, 0.1) is 5.92 Å². The van der Waals surface area contributed by atoms with Gasteiger partial charge in [-0.2, -0.15) is 13.2 Å². The predicted octanol–water partition coefficient (Wildman–Crippen LogP) is 3.84. The average Bonchev–Trinajstić information content (AvgIpc) is 2.60. The van der Waals surface area contributed by atoms with Gasteiger partial charge in [-0.15, -0.1) is 0 Å². The van der Waals surface area contributed by atoms with E-state index in [0.29, 0.717) is 24.1 Å². The van der Waals surface area contributed by atoms with Gasteiger partial charge < -0.3 is 9.64 Å². The van der Waals surface area contributed by atoms with Crippen LogP contribution in [0.4, 0.5) is 19.1 Å². The summed E-state index contributed by atoms with van der Waals surface area (Å²) in [6, 6.07) is 2.35. The number of pyridine rings is 1. The number of piperidine rings is 1. The van der Waals surface area contributed by atoms with E-state index in [0.717, 1.165) is 31.6 Å². The molecule has 1 fully saturated rings. The highest BCUT2D eigenvalue weighted by Gasteiger charge is 2.32. The van der Waals surface area contributed by atoms with Gasteiger partial charge in [0, 0.05) is 31.3 Å². The molecule has 5 nitrogen and oxygen atoms in total. The molecule has 3 heterocycles. The number of ether oxygens (including phenoxy) is 1. The summed E-state index contributed by atoms with van der Waals surface area (Å²) in [5, 5.41) is 0.471. The molecule has 0 aromatic carbocycles. The van der Waals surface area contributed by atoms with Crippen molar-refractivity contribution in [3.63, 3.8) is 0 Å². The fourth-order valence-electron chi connectivity index (χ4n) is 2.72. The van der Waals surface area contributed by atoms with E-state index in [-0.39, 0.29) is 11.7 Å². The van der Waals surface area contributed by atoms with Crippen LogP contribution in [0.15, 0.2) is 30.7 Å². The third-order valence-electron chi connectivity index (χ3n) is 3.92. The minimum Gasteiger partial charge on any atom is -0.493 e. The summed E-state index contributed by atoms with van der Waals surface area (Å²) in [6.45, 7) is 1.83. The van der Waals surface area contributed by atoms with Gasteiger partial charge in [0.2, 0.25) is 5.95 Å². The average molecular weight is 373 g/mol. The zero-order valence-corrected chi connectivity index (χ0v) is 14.0. The molecule has 2 aromatic heterocycles. The van der Waals surface area contributed by atoms with Crippen molar-refractivity contribution in [1.82, 2.24) is 15.0 Å². The molecule has 9 heteroatoms. The maximum Gasteiger partial charge on any atom is 0.433 e. The number of nitrogens with zero attached hydrogens (tertiary/aromatic N) is 4. The number of aromatic nitrogens is 3. The van der Waals surface area contributed by atoms with Crippen LogP contribution in [-0.4, -0.2) is 34.6 Å². The number of rotatable bonds is 4. The Morgan fingerprint density at radius 2 is 2.00 bits per heavy atom. The summed E-state index contributed by atoms with van der Waals surface area (Å²) in [6.07, 6.45) is 1.57. The number of hydrogen-bond donors (Lipinski definition) is 0. The maximum atomic E-state index is 12.7. The summed E-state index contributed by atoms with van der Waals surface area (Å²) >= 11 is 5.79. The van der Waals surface area contributed by atoms with E-state index in [2.05, 4.69) is 15.0 Å². The highest BCUT2D eigenvalue weighted by Crippen LogP contribution is 2.30. The Bertz CT molecular complexity index is 711. The fraction of sp³-hybridized carbons (Fsp3) is 0.438. The van der Waals surface area contributed by atoms with E-state index in [4.69, 9.17) is 16.3 Å². The van der Waals surface area contributed by atoms with Crippen LogP contribution >= 0.6 is 11.6 Å². The van der Waals surface area contributed by atoms with Crippen molar-refractivity contribution in [2.75, 3.05) is 24.6 Å². The van der Waals surface area contributed by atoms with Crippen LogP contribution < -0.4 is 9.64 Å². The molecular weight excluding hydrogens is 357 g/mol. The number of hydrogen-bond acceptors (Lipinski definition) is 5. The summed E-state index contributed by atoms with van der Waals surface area (Å²) in [7, 11) is 0. The van der Waals surface area contributed by atoms with Gasteiger partial charge in [0.05, 0.1) is 24.0 Å². The molecule has 25 heavy (non-hydrogen) atoms. The summed E-state index contributed by atoms with van der Waals surface area (Å²) < 4.78 is 43.6. The third-order valence-corrected chi connectivity index (χ3v) is 4.11. The van der Waals surface area contributed by atoms with Gasteiger partial charge in [-0.1, -0.05) is 11.6 Å². The molecule has 0 saturated carbocycles. The van der Waals surface area contributed by atoms with E-state index >= 15 is 0 Å². The molecule has 0 amide bonds. The zero-order chi connectivity index (χ0) is 17.9. The quantitative estimate of drug-likeness (QED) is 0.816. The molecule has 0 spiro atoms. The molecule has 3 rings (SSSR count). The van der Waals surface area contributed by atoms with Crippen molar-refractivity contribution in [1.29, 1.82) is 0 Å². The Kier molecular flexibility index (Phi) is 5.27. The molecule has 1 saturated heterocycles. The first-order valence-corrected chi connectivity index (χ1v) is 8.18. The molecule has 0 aliphatic carbocycles. The van der Waals surface area contributed by atoms with Gasteiger partial charge in [-0.3, -0.25) is 4.98 Å². The highest BCUT2D eigenvalue weighted by molar-refractivity contribution is 6.30. The molecule has 0 N–H and O–H groups in total. The van der Waals surface area contributed by atoms with Gasteiger partial charge in [0.25, 0.3) is 0 Å². The zero-order valence-electron chi connectivity index (χ0n) is 13.2. The monoisotopic (exact) mass is 372 g/mol. The van der Waals surface area contributed by atoms with Crippen molar-refractivity contribution in [2.45, 2.75) is 19.0 Å². The molecule has 1 unspecified atom stereocenters. The Hall–Kier alpha value is -2.09. The molecular formula is C16H16ClF3N4O. The lowest BCUT2D eigenvalue weighted by Gasteiger charge is -2.32. The van der Waals surface area contributed by atoms with Crippen LogP contribution in [0.25, 0.3) is 0 Å². The van der Waals surface area contributed by atoms with Crippen LogP contribution in [0.5, 0.6) is 5.75 Å². The molecule has 1 atom stereocenters. The van der Waals surface area contributed by atoms with Gasteiger partial charge in [-0.25, -0.2) is 9.97 Å². The van der Waals surface area contributed by atoms with Gasteiger partial charge >= 0.3 is 6.18 Å². The Labute approximate surface area is 147 Å². The summed E-state index contributed by atoms with van der Waals surface area (Å²) in [5.41, 5.74) is -0.954. The van der Waals surface area contributed by atoms with Crippen molar-refractivity contribution in [3.05, 3.63) is 41.4 Å². The van der Waals surface area contributed by atoms with Crippen molar-refractivity contribution < 1.29 is 17.9 Å². The minimum atomic E-state index is -4.48. The first-order chi connectivity index (χ1) is 11.9. The second kappa shape index (κ2) is 7.43. The smallest absolute Gasteiger partial charge is 0.433 e. The van der Waals surface area contributed by atoms with Gasteiger partial charge in [0.15, 0.2) is 0 Å². The standard InChI is InChI=1S/C16H16ClF3N4O/c17-12-7-22-15(23-8-12)24-5-1-2-11(9-24)10-25-13-3-4-21-14(6-13)16(18,19)20/h3-4,6-8,11H,1-2,5,9-10H2. The van der Waals surface area contributed by atoms with Gasteiger partial charge in [0.1, 0.15) is 11.4 Å². The second-order valence-corrected chi connectivity index (χ2v) is 6.28. The normalized spacial score (nSPS) is 18.2. The van der Waals surface area contributed by atoms with Crippen molar-refractivity contribution >= 4 is 17.5 Å². The van der Waals surface area contributed by atoms with E-state index < -0.39 is 11.9 Å². The lowest BCUT2D eigenvalue weighted by Crippen LogP contribution is -2.38. The number of anilines is 1. The SMILES string of the molecule is FC(F)(F)c1cc(OCC2CCCN(c3ncc(Cl)cn3)C2)ccn1. The Morgan fingerprint density at radius 1 is 1.24 bits per heavy atom. The second-order valence-electron chi connectivity index (χ2n) is 5.84. The summed E-state index contributed by atoms with van der Waals surface area (Å²) in [5.74, 6) is 0.940. The first-order valence-electron chi connectivity index (χ1n) is 7.80. The maximum absolute atomic E-state index is 12.7. The fourth-order valence-corrected chi connectivity index (χ4v) is 2.82. The van der Waals surface area contributed by atoms with E-state index in [1.54, 1.807) is 12.4 Å². The lowest BCUT2D eigenvalue weighted by atomic mass is 9.99. The van der Waals surface area contributed by atoms with Gasteiger partial charge in [-0.05, 0) is 18.9 Å². The molecule has 0 bridgehead atoms. The predicted molar refractivity (Wildman–Crippen MR) is 86.7 cm³/mol. The summed E-state index contributed by atoms with van der Waals surface area (Å²) in [4.78, 5) is 13.8. The molecule has 0 radical (unpaired) electrons. The van der Waals surface area contributed by atoms with Crippen molar-refractivity contribution in [3.8, 4) is 5.75 Å². The lowest BCUT2D eigenvalue weighted by molar-refractivity contribution is -0.141. The van der Waals surface area contributed by atoms with E-state index in [1.165, 1.54) is 6.07 Å². The Morgan fingerprint density at radius 3 is 2.72 bits per heavy atom. The molecule has 1 aliphatic heterocycles. The molecule has 2 aromatic rings. The topological polar surface area (TPSA) is 51.1 Å². The molecule has 134 valence electrons. The van der Waals surface area contributed by atoms with Crippen LogP contribution in [0.3, 0.4) is 0 Å².